The van der Waals surface area contributed by atoms with E-state index in [-0.39, 0.29) is 5.97 Å². The van der Waals surface area contributed by atoms with Crippen LogP contribution in [0.5, 0.6) is 0 Å². The number of nitrogens with one attached hydrogen (secondary N) is 1. The van der Waals surface area contributed by atoms with E-state index in [0.29, 0.717) is 18.7 Å². The highest BCUT2D eigenvalue weighted by Gasteiger charge is 2.38. The highest BCUT2D eigenvalue weighted by atomic mass is 16.5. The average molecular weight is 284 g/mol. The van der Waals surface area contributed by atoms with Crippen molar-refractivity contribution in [3.63, 3.8) is 0 Å². The monoisotopic (exact) mass is 284 g/mol. The van der Waals surface area contributed by atoms with Gasteiger partial charge < -0.3 is 10.1 Å². The molecule has 4 heteroatoms. The van der Waals surface area contributed by atoms with Crippen molar-refractivity contribution in [2.75, 3.05) is 19.7 Å². The number of hydrogen-bond acceptors (Lipinski definition) is 4. The van der Waals surface area contributed by atoms with E-state index in [1.165, 1.54) is 12.8 Å². The third-order valence-corrected chi connectivity index (χ3v) is 4.37. The van der Waals surface area contributed by atoms with Gasteiger partial charge >= 0.3 is 5.97 Å². The molecule has 1 saturated heterocycles. The van der Waals surface area contributed by atoms with Crippen molar-refractivity contribution in [3.05, 3.63) is 0 Å². The van der Waals surface area contributed by atoms with Crippen LogP contribution in [-0.4, -0.2) is 48.2 Å². The fraction of sp³-hybridized carbons (Fsp3) is 0.938. The van der Waals surface area contributed by atoms with Gasteiger partial charge in [0.05, 0.1) is 6.61 Å². The largest absolute Gasteiger partial charge is 0.465 e. The summed E-state index contributed by atoms with van der Waals surface area (Å²) in [5, 5.41) is 3.40. The summed E-state index contributed by atoms with van der Waals surface area (Å²) >= 11 is 0. The summed E-state index contributed by atoms with van der Waals surface area (Å²) in [5.41, 5.74) is -0.576. The van der Waals surface area contributed by atoms with E-state index in [1.807, 2.05) is 13.8 Å². The summed E-state index contributed by atoms with van der Waals surface area (Å²) in [6.07, 6.45) is 4.35. The van der Waals surface area contributed by atoms with Crippen molar-refractivity contribution >= 4 is 5.97 Å². The lowest BCUT2D eigenvalue weighted by Crippen LogP contribution is -2.54. The number of carbonyl (C=O) groups is 1. The van der Waals surface area contributed by atoms with Gasteiger partial charge in [-0.25, -0.2) is 0 Å². The molecule has 0 aromatic carbocycles. The zero-order valence-electron chi connectivity index (χ0n) is 13.9. The second kappa shape index (κ2) is 7.99. The second-order valence-corrected chi connectivity index (χ2v) is 6.26. The molecule has 118 valence electrons. The van der Waals surface area contributed by atoms with Crippen molar-refractivity contribution < 1.29 is 9.53 Å². The number of rotatable bonds is 8. The molecule has 20 heavy (non-hydrogen) atoms. The lowest BCUT2D eigenvalue weighted by atomic mass is 9.92. The Hall–Kier alpha value is -0.610. The lowest BCUT2D eigenvalue weighted by Gasteiger charge is -2.36. The van der Waals surface area contributed by atoms with Crippen LogP contribution in [0.25, 0.3) is 0 Å². The van der Waals surface area contributed by atoms with Gasteiger partial charge in [-0.05, 0) is 66.5 Å². The first kappa shape index (κ1) is 17.4. The van der Waals surface area contributed by atoms with E-state index >= 15 is 0 Å². The Bertz CT molecular complexity index is 309. The molecular formula is C16H32N2O2. The molecule has 0 bridgehead atoms. The minimum atomic E-state index is -0.576. The quantitative estimate of drug-likeness (QED) is 0.696. The number of esters is 1. The molecule has 1 aliphatic rings. The molecule has 0 amide bonds. The molecule has 1 rings (SSSR count). The van der Waals surface area contributed by atoms with Crippen molar-refractivity contribution in [2.24, 2.45) is 0 Å². The smallest absolute Gasteiger partial charge is 0.326 e. The van der Waals surface area contributed by atoms with Crippen LogP contribution < -0.4 is 5.32 Å². The van der Waals surface area contributed by atoms with E-state index in [1.54, 1.807) is 0 Å². The van der Waals surface area contributed by atoms with Gasteiger partial charge in [0.25, 0.3) is 0 Å². The average Bonchev–Trinajstić information content (AvgIpc) is 2.83. The number of carbonyl (C=O) groups excluding carboxylic acids is 1. The van der Waals surface area contributed by atoms with Gasteiger partial charge in [0.2, 0.25) is 0 Å². The van der Waals surface area contributed by atoms with E-state index in [4.69, 9.17) is 4.74 Å². The van der Waals surface area contributed by atoms with Crippen molar-refractivity contribution in [1.29, 1.82) is 0 Å². The summed E-state index contributed by atoms with van der Waals surface area (Å²) in [7, 11) is 0. The Kier molecular flexibility index (Phi) is 6.96. The van der Waals surface area contributed by atoms with Gasteiger partial charge in [0, 0.05) is 12.1 Å². The van der Waals surface area contributed by atoms with Gasteiger partial charge in [-0.1, -0.05) is 6.92 Å². The van der Waals surface area contributed by atoms with Crippen LogP contribution in [0.3, 0.4) is 0 Å². The first-order valence-electron chi connectivity index (χ1n) is 8.12. The van der Waals surface area contributed by atoms with Gasteiger partial charge in [-0.2, -0.15) is 0 Å². The molecule has 0 spiro atoms. The maximum atomic E-state index is 12.3. The van der Waals surface area contributed by atoms with Crippen LogP contribution in [0.15, 0.2) is 0 Å². The molecule has 1 fully saturated rings. The Morgan fingerprint density at radius 2 is 2.20 bits per heavy atom. The molecule has 1 heterocycles. The molecule has 3 atom stereocenters. The topological polar surface area (TPSA) is 41.6 Å². The van der Waals surface area contributed by atoms with Crippen LogP contribution in [0, 0.1) is 0 Å². The number of likely N-dealkylation sites (tertiary alicyclic amines) is 1. The minimum absolute atomic E-state index is 0.118. The van der Waals surface area contributed by atoms with E-state index < -0.39 is 5.54 Å². The van der Waals surface area contributed by atoms with Crippen LogP contribution in [0.1, 0.15) is 60.3 Å². The Morgan fingerprint density at radius 3 is 2.70 bits per heavy atom. The predicted octanol–water partition coefficient (Wildman–Crippen LogP) is 2.57. The zero-order chi connectivity index (χ0) is 15.2. The summed E-state index contributed by atoms with van der Waals surface area (Å²) < 4.78 is 5.27. The van der Waals surface area contributed by atoms with Crippen LogP contribution >= 0.6 is 0 Å². The Morgan fingerprint density at radius 1 is 1.50 bits per heavy atom. The second-order valence-electron chi connectivity index (χ2n) is 6.26. The van der Waals surface area contributed by atoms with Crippen molar-refractivity contribution in [1.82, 2.24) is 10.2 Å². The van der Waals surface area contributed by atoms with Crippen LogP contribution in [-0.2, 0) is 9.53 Å². The summed E-state index contributed by atoms with van der Waals surface area (Å²) in [4.78, 5) is 14.8. The number of hydrogen-bond donors (Lipinski definition) is 1. The maximum absolute atomic E-state index is 12.3. The van der Waals surface area contributed by atoms with Crippen LogP contribution in [0.4, 0.5) is 0 Å². The molecule has 1 aliphatic heterocycles. The lowest BCUT2D eigenvalue weighted by molar-refractivity contribution is -0.151. The molecule has 0 aliphatic carbocycles. The molecular weight excluding hydrogens is 252 g/mol. The predicted molar refractivity (Wildman–Crippen MR) is 82.8 cm³/mol. The zero-order valence-corrected chi connectivity index (χ0v) is 13.9. The van der Waals surface area contributed by atoms with E-state index in [2.05, 4.69) is 31.0 Å². The third-order valence-electron chi connectivity index (χ3n) is 4.37. The normalized spacial score (nSPS) is 24.4. The summed E-state index contributed by atoms with van der Waals surface area (Å²) in [6, 6.07) is 1.02. The van der Waals surface area contributed by atoms with E-state index in [0.717, 1.165) is 25.9 Å². The van der Waals surface area contributed by atoms with Crippen molar-refractivity contribution in [2.45, 2.75) is 77.9 Å². The van der Waals surface area contributed by atoms with Gasteiger partial charge in [-0.3, -0.25) is 9.69 Å². The summed E-state index contributed by atoms with van der Waals surface area (Å²) in [6.45, 7) is 12.9. The molecule has 3 unspecified atom stereocenters. The SMILES string of the molecule is CCCNC(C)(CC(C)N1CCCC1C)C(=O)OCC. The highest BCUT2D eigenvalue weighted by molar-refractivity contribution is 5.80. The number of ether oxygens (including phenoxy) is 1. The van der Waals surface area contributed by atoms with E-state index in [9.17, 15) is 4.79 Å². The molecule has 0 radical (unpaired) electrons. The minimum Gasteiger partial charge on any atom is -0.465 e. The first-order chi connectivity index (χ1) is 9.44. The fourth-order valence-corrected chi connectivity index (χ4v) is 3.24. The maximum Gasteiger partial charge on any atom is 0.326 e. The first-order valence-corrected chi connectivity index (χ1v) is 8.12. The molecule has 0 aromatic rings. The fourth-order valence-electron chi connectivity index (χ4n) is 3.24. The standard InChI is InChI=1S/C16H32N2O2/c1-6-10-17-16(5,15(19)20-7-2)12-14(4)18-11-8-9-13(18)3/h13-14,17H,6-12H2,1-5H3. The Labute approximate surface area is 124 Å². The van der Waals surface area contributed by atoms with Gasteiger partial charge in [0.15, 0.2) is 0 Å². The highest BCUT2D eigenvalue weighted by Crippen LogP contribution is 2.25. The molecule has 0 saturated carbocycles. The molecule has 0 aromatic heterocycles. The van der Waals surface area contributed by atoms with Crippen molar-refractivity contribution in [3.8, 4) is 0 Å². The Balaban J connectivity index is 2.69. The van der Waals surface area contributed by atoms with Crippen LogP contribution in [0.2, 0.25) is 0 Å². The van der Waals surface area contributed by atoms with Gasteiger partial charge in [0.1, 0.15) is 5.54 Å². The summed E-state index contributed by atoms with van der Waals surface area (Å²) in [5.74, 6) is -0.118. The number of nitrogens with zero attached hydrogens (tertiary/aromatic N) is 1. The molecule has 1 N–H and O–H groups in total. The third kappa shape index (κ3) is 4.45. The molecule has 4 nitrogen and oxygen atoms in total. The van der Waals surface area contributed by atoms with Gasteiger partial charge in [-0.15, -0.1) is 0 Å².